The molecule has 1 rings (SSSR count). The lowest BCUT2D eigenvalue weighted by atomic mass is 9.88. The summed E-state index contributed by atoms with van der Waals surface area (Å²) >= 11 is 5.64. The van der Waals surface area contributed by atoms with Crippen molar-refractivity contribution >= 4 is 21.8 Å². The van der Waals surface area contributed by atoms with E-state index in [-0.39, 0.29) is 22.9 Å². The third kappa shape index (κ3) is 4.24. The molecule has 4 nitrogen and oxygen atoms in total. The van der Waals surface area contributed by atoms with Gasteiger partial charge in [-0.3, -0.25) is 0 Å². The maximum Gasteiger partial charge on any atom is 0.240 e. The van der Waals surface area contributed by atoms with Gasteiger partial charge in [-0.2, -0.15) is 0 Å². The maximum absolute atomic E-state index is 12.0. The van der Waals surface area contributed by atoms with Crippen molar-refractivity contribution in [1.29, 1.82) is 0 Å². The highest BCUT2D eigenvalue weighted by Gasteiger charge is 2.25. The molecule has 2 N–H and O–H groups in total. The van der Waals surface area contributed by atoms with Crippen LogP contribution >= 0.6 is 11.8 Å². The van der Waals surface area contributed by atoms with Crippen LogP contribution in [0.15, 0.2) is 35.2 Å². The average molecular weight is 291 g/mol. The highest BCUT2D eigenvalue weighted by molar-refractivity contribution is 7.89. The second-order valence-electron chi connectivity index (χ2n) is 5.19. The number of sulfonamides is 1. The molecule has 0 saturated heterocycles. The van der Waals surface area contributed by atoms with E-state index in [1.54, 1.807) is 30.3 Å². The van der Waals surface area contributed by atoms with Gasteiger partial charge in [0, 0.05) is 12.6 Å². The van der Waals surface area contributed by atoms with E-state index in [2.05, 4.69) is 9.56 Å². The van der Waals surface area contributed by atoms with E-state index >= 15 is 0 Å². The van der Waals surface area contributed by atoms with Crippen LogP contribution in [0.3, 0.4) is 0 Å². The van der Waals surface area contributed by atoms with Gasteiger partial charge in [-0.15, -0.1) is 0 Å². The fourth-order valence-electron chi connectivity index (χ4n) is 1.38. The number of rotatable bonds is 5. The summed E-state index contributed by atoms with van der Waals surface area (Å²) in [6.45, 7) is 6.21. The lowest BCUT2D eigenvalue weighted by Gasteiger charge is -2.29. The van der Waals surface area contributed by atoms with E-state index in [4.69, 9.17) is 11.8 Å². The van der Waals surface area contributed by atoms with Crippen LogP contribution in [0.2, 0.25) is 0 Å². The summed E-state index contributed by atoms with van der Waals surface area (Å²) in [5, 5.41) is 0. The summed E-state index contributed by atoms with van der Waals surface area (Å²) < 4.78 is 26.6. The van der Waals surface area contributed by atoms with Gasteiger partial charge in [0.25, 0.3) is 0 Å². The van der Waals surface area contributed by atoms with Crippen LogP contribution in [0.25, 0.3) is 0 Å². The number of hydrogen-bond donors (Lipinski definition) is 2. The predicted octanol–water partition coefficient (Wildman–Crippen LogP) is 2.12. The Morgan fingerprint density at radius 2 is 1.78 bits per heavy atom. The molecule has 6 heteroatoms. The van der Waals surface area contributed by atoms with Gasteiger partial charge in [0.1, 0.15) is 0 Å². The van der Waals surface area contributed by atoms with Gasteiger partial charge in [-0.1, -0.05) is 39.0 Å². The number of halogens is 1. The minimum atomic E-state index is -3.47. The topological polar surface area (TPSA) is 58.2 Å². The van der Waals surface area contributed by atoms with Crippen LogP contribution in [-0.2, 0) is 10.0 Å². The molecule has 0 saturated carbocycles. The molecule has 0 radical (unpaired) electrons. The Hall–Kier alpha value is -0.620. The predicted molar refractivity (Wildman–Crippen MR) is 73.9 cm³/mol. The second kappa shape index (κ2) is 6.02. The fourth-order valence-corrected chi connectivity index (χ4v) is 2.86. The molecule has 0 aliphatic rings. The summed E-state index contributed by atoms with van der Waals surface area (Å²) in [7, 11) is -3.47. The van der Waals surface area contributed by atoms with Gasteiger partial charge in [0.15, 0.2) is 0 Å². The van der Waals surface area contributed by atoms with Crippen molar-refractivity contribution in [3.05, 3.63) is 30.3 Å². The van der Waals surface area contributed by atoms with Crippen LogP contribution < -0.4 is 9.56 Å². The first-order chi connectivity index (χ1) is 8.27. The number of hydrogen-bond acceptors (Lipinski definition) is 3. The van der Waals surface area contributed by atoms with Crippen molar-refractivity contribution in [3.63, 3.8) is 0 Å². The average Bonchev–Trinajstić information content (AvgIpc) is 2.29. The number of nitrogens with one attached hydrogen (secondary N) is 2. The molecule has 0 spiro atoms. The summed E-state index contributed by atoms with van der Waals surface area (Å²) in [5.74, 6) is 0. The zero-order chi connectivity index (χ0) is 13.8. The van der Waals surface area contributed by atoms with Crippen molar-refractivity contribution in [2.45, 2.75) is 31.7 Å². The molecule has 0 aliphatic carbocycles. The van der Waals surface area contributed by atoms with Gasteiger partial charge in [0.2, 0.25) is 10.0 Å². The SMILES string of the molecule is CC(C)(C)[C@@H](CNS(=O)(=O)c1ccccc1)NCl. The summed E-state index contributed by atoms with van der Waals surface area (Å²) in [4.78, 5) is 2.87. The molecular formula is C12H19ClN2O2S. The summed E-state index contributed by atoms with van der Waals surface area (Å²) in [5.41, 5.74) is -0.138. The molecule has 102 valence electrons. The van der Waals surface area contributed by atoms with Gasteiger partial charge in [-0.05, 0) is 29.3 Å². The first-order valence-electron chi connectivity index (χ1n) is 5.68. The van der Waals surface area contributed by atoms with E-state index in [0.717, 1.165) is 0 Å². The monoisotopic (exact) mass is 290 g/mol. The third-order valence-corrected chi connectivity index (χ3v) is 4.41. The van der Waals surface area contributed by atoms with Gasteiger partial charge < -0.3 is 0 Å². The Morgan fingerprint density at radius 1 is 1.22 bits per heavy atom. The van der Waals surface area contributed by atoms with Crippen molar-refractivity contribution in [1.82, 2.24) is 9.56 Å². The Balaban J connectivity index is 2.74. The Bertz CT molecular complexity index is 469. The van der Waals surface area contributed by atoms with E-state index in [9.17, 15) is 8.42 Å². The molecule has 0 amide bonds. The van der Waals surface area contributed by atoms with Gasteiger partial charge in [0.05, 0.1) is 4.90 Å². The molecule has 0 unspecified atom stereocenters. The van der Waals surface area contributed by atoms with Crippen molar-refractivity contribution in [3.8, 4) is 0 Å². The van der Waals surface area contributed by atoms with Crippen molar-refractivity contribution in [2.24, 2.45) is 5.41 Å². The highest BCUT2D eigenvalue weighted by Crippen LogP contribution is 2.19. The molecule has 1 aromatic carbocycles. The molecular weight excluding hydrogens is 272 g/mol. The van der Waals surface area contributed by atoms with Crippen LogP contribution in [0, 0.1) is 5.41 Å². The van der Waals surface area contributed by atoms with E-state index in [0.29, 0.717) is 0 Å². The summed E-state index contributed by atoms with van der Waals surface area (Å²) in [6, 6.07) is 8.12. The minimum Gasteiger partial charge on any atom is -0.229 e. The largest absolute Gasteiger partial charge is 0.240 e. The minimum absolute atomic E-state index is 0.138. The molecule has 0 fully saturated rings. The van der Waals surface area contributed by atoms with Crippen molar-refractivity contribution in [2.75, 3.05) is 6.54 Å². The molecule has 0 aliphatic heterocycles. The molecule has 0 heterocycles. The Kier molecular flexibility index (Phi) is 5.16. The highest BCUT2D eigenvalue weighted by atomic mass is 35.5. The molecule has 1 atom stereocenters. The maximum atomic E-state index is 12.0. The molecule has 18 heavy (non-hydrogen) atoms. The van der Waals surface area contributed by atoms with Crippen LogP contribution in [0.4, 0.5) is 0 Å². The Morgan fingerprint density at radius 3 is 2.22 bits per heavy atom. The smallest absolute Gasteiger partial charge is 0.229 e. The van der Waals surface area contributed by atoms with E-state index < -0.39 is 10.0 Å². The lowest BCUT2D eigenvalue weighted by Crippen LogP contribution is -2.45. The fraction of sp³-hybridized carbons (Fsp3) is 0.500. The third-order valence-electron chi connectivity index (χ3n) is 2.71. The van der Waals surface area contributed by atoms with Gasteiger partial charge >= 0.3 is 0 Å². The zero-order valence-electron chi connectivity index (χ0n) is 10.8. The zero-order valence-corrected chi connectivity index (χ0v) is 12.3. The molecule has 1 aromatic rings. The van der Waals surface area contributed by atoms with E-state index in [1.807, 2.05) is 20.8 Å². The van der Waals surface area contributed by atoms with Crippen LogP contribution in [0.1, 0.15) is 20.8 Å². The summed E-state index contributed by atoms with van der Waals surface area (Å²) in [6.07, 6.45) is 0. The first-order valence-corrected chi connectivity index (χ1v) is 7.54. The standard InChI is InChI=1S/C12H19ClN2O2S/c1-12(2,3)11(15-13)9-14-18(16,17)10-7-5-4-6-8-10/h4-8,11,14-15H,9H2,1-3H3/t11-/m1/s1. The quantitative estimate of drug-likeness (QED) is 0.817. The molecule has 0 aromatic heterocycles. The first kappa shape index (κ1) is 15.4. The molecule has 0 bridgehead atoms. The van der Waals surface area contributed by atoms with Crippen LogP contribution in [0.5, 0.6) is 0 Å². The Labute approximate surface area is 114 Å². The van der Waals surface area contributed by atoms with Crippen molar-refractivity contribution < 1.29 is 8.42 Å². The normalized spacial score (nSPS) is 14.4. The van der Waals surface area contributed by atoms with Gasteiger partial charge in [-0.25, -0.2) is 18.0 Å². The van der Waals surface area contributed by atoms with Crippen LogP contribution in [-0.4, -0.2) is 21.0 Å². The number of benzene rings is 1. The lowest BCUT2D eigenvalue weighted by molar-refractivity contribution is 0.302. The van der Waals surface area contributed by atoms with E-state index in [1.165, 1.54) is 0 Å². The second-order valence-corrected chi connectivity index (χ2v) is 7.18.